The van der Waals surface area contributed by atoms with Gasteiger partial charge < -0.3 is 0 Å². The molecule has 174 valence electrons. The molecule has 4 aromatic carbocycles. The first-order valence-corrected chi connectivity index (χ1v) is 12.7. The summed E-state index contributed by atoms with van der Waals surface area (Å²) in [7, 11) is 0. The molecule has 0 bridgehead atoms. The molecule has 4 heteroatoms. The summed E-state index contributed by atoms with van der Waals surface area (Å²) in [5.41, 5.74) is 4.08. The molecular weight excluding hydrogens is 472 g/mol. The fourth-order valence-corrected chi connectivity index (χ4v) is 4.90. The van der Waals surface area contributed by atoms with Crippen molar-refractivity contribution in [1.82, 2.24) is 9.55 Å². The van der Waals surface area contributed by atoms with Crippen LogP contribution in [0, 0.1) is 30.9 Å². The summed E-state index contributed by atoms with van der Waals surface area (Å²) in [5, 5.41) is 4.86. The van der Waals surface area contributed by atoms with Crippen molar-refractivity contribution in [3.8, 4) is 17.5 Å². The Kier molecular flexibility index (Phi) is 5.87. The molecule has 0 aliphatic rings. The van der Waals surface area contributed by atoms with Crippen LogP contribution < -0.4 is 5.56 Å². The molecule has 6 aromatic rings. The first-order chi connectivity index (χ1) is 18.2. The second-order valence-corrected chi connectivity index (χ2v) is 9.60. The van der Waals surface area contributed by atoms with E-state index in [9.17, 15) is 4.79 Å². The van der Waals surface area contributed by atoms with E-state index in [4.69, 9.17) is 4.98 Å². The van der Waals surface area contributed by atoms with Crippen LogP contribution >= 0.6 is 11.3 Å². The van der Waals surface area contributed by atoms with E-state index in [1.807, 2.05) is 66.9 Å². The van der Waals surface area contributed by atoms with Crippen LogP contribution in [-0.4, -0.2) is 9.55 Å². The monoisotopic (exact) mass is 492 g/mol. The van der Waals surface area contributed by atoms with E-state index in [1.165, 1.54) is 5.39 Å². The zero-order chi connectivity index (χ0) is 25.2. The van der Waals surface area contributed by atoms with Gasteiger partial charge in [0, 0.05) is 17.7 Å². The molecule has 3 nitrogen and oxygen atoms in total. The lowest BCUT2D eigenvalue weighted by Gasteiger charge is -2.14. The molecule has 0 fully saturated rings. The van der Waals surface area contributed by atoms with E-state index in [2.05, 4.69) is 54.3 Å². The zero-order valence-electron chi connectivity index (χ0n) is 20.0. The topological polar surface area (TPSA) is 34.9 Å². The molecule has 2 heterocycles. The van der Waals surface area contributed by atoms with Crippen molar-refractivity contribution in [1.29, 1.82) is 0 Å². The summed E-state index contributed by atoms with van der Waals surface area (Å²) in [6, 6.07) is 33.6. The SMILES string of the molecule is Cc1cc(C#Cc2cccs2)ccc1-n1c(C=Cc2ccc3ccccc3c2)nc2cc#ccc2c1=O. The summed E-state index contributed by atoms with van der Waals surface area (Å²) in [6.07, 6.45) is 3.89. The van der Waals surface area contributed by atoms with Crippen LogP contribution in [0.2, 0.25) is 0 Å². The predicted octanol–water partition coefficient (Wildman–Crippen LogP) is 7.08. The number of hydrogen-bond acceptors (Lipinski definition) is 3. The Morgan fingerprint density at radius 3 is 2.59 bits per heavy atom. The normalized spacial score (nSPS) is 10.9. The second kappa shape index (κ2) is 9.63. The van der Waals surface area contributed by atoms with Crippen molar-refractivity contribution in [2.75, 3.05) is 0 Å². The lowest BCUT2D eigenvalue weighted by Crippen LogP contribution is -2.23. The third kappa shape index (κ3) is 4.55. The van der Waals surface area contributed by atoms with Crippen molar-refractivity contribution in [2.24, 2.45) is 0 Å². The Morgan fingerprint density at radius 2 is 1.76 bits per heavy atom. The molecule has 0 N–H and O–H groups in total. The molecule has 0 spiro atoms. The fraction of sp³-hybridized carbons (Fsp3) is 0.0303. The van der Waals surface area contributed by atoms with Gasteiger partial charge in [0.25, 0.3) is 5.56 Å². The maximum Gasteiger partial charge on any atom is 0.266 e. The Bertz CT molecular complexity index is 1920. The Balaban J connectivity index is 1.46. The van der Waals surface area contributed by atoms with Crippen LogP contribution in [-0.2, 0) is 0 Å². The number of aryl methyl sites for hydroxylation is 1. The van der Waals surface area contributed by atoms with Gasteiger partial charge in [-0.05, 0) is 70.6 Å². The minimum atomic E-state index is -0.145. The second-order valence-electron chi connectivity index (χ2n) is 8.66. The summed E-state index contributed by atoms with van der Waals surface area (Å²) < 4.78 is 1.67. The van der Waals surface area contributed by atoms with Gasteiger partial charge in [0.1, 0.15) is 5.82 Å². The largest absolute Gasteiger partial charge is 0.268 e. The smallest absolute Gasteiger partial charge is 0.266 e. The first kappa shape index (κ1) is 22.6. The summed E-state index contributed by atoms with van der Waals surface area (Å²) in [6.45, 7) is 1.99. The highest BCUT2D eigenvalue weighted by Gasteiger charge is 2.13. The molecule has 0 atom stereocenters. The number of benzene rings is 3. The standard InChI is InChI=1S/C33H20N2OS/c1-23-21-24(13-17-28-9-6-20-37-28)14-18-31(23)35-32(34-30-11-5-4-10-29(30)33(35)36)19-15-25-12-16-26-7-2-3-8-27(26)22-25/h2-3,6-12,14-16,18-22H,1H3. The fourth-order valence-electron chi connectivity index (χ4n) is 4.33. The molecule has 2 aromatic heterocycles. The van der Waals surface area contributed by atoms with Crippen LogP contribution in [0.5, 0.6) is 0 Å². The molecule has 6 rings (SSSR count). The van der Waals surface area contributed by atoms with Gasteiger partial charge in [-0.2, -0.15) is 0 Å². The van der Waals surface area contributed by atoms with E-state index in [0.717, 1.165) is 32.6 Å². The molecule has 0 saturated heterocycles. The molecule has 0 amide bonds. The third-order valence-corrected chi connectivity index (χ3v) is 6.95. The average molecular weight is 493 g/mol. The van der Waals surface area contributed by atoms with Crippen molar-refractivity contribution in [3.63, 3.8) is 0 Å². The number of aromatic nitrogens is 2. The van der Waals surface area contributed by atoms with Crippen molar-refractivity contribution in [2.45, 2.75) is 6.92 Å². The molecule has 0 unspecified atom stereocenters. The van der Waals surface area contributed by atoms with E-state index >= 15 is 0 Å². The van der Waals surface area contributed by atoms with Gasteiger partial charge in [-0.3, -0.25) is 9.36 Å². The molecule has 0 radical (unpaired) electrons. The van der Waals surface area contributed by atoms with Crippen LogP contribution in [0.25, 0.3) is 39.5 Å². The van der Waals surface area contributed by atoms with Crippen molar-refractivity contribution in [3.05, 3.63) is 140 Å². The highest BCUT2D eigenvalue weighted by Crippen LogP contribution is 2.21. The van der Waals surface area contributed by atoms with Crippen LogP contribution in [0.15, 0.2) is 95.1 Å². The van der Waals surface area contributed by atoms with E-state index < -0.39 is 0 Å². The van der Waals surface area contributed by atoms with Gasteiger partial charge >= 0.3 is 0 Å². The van der Waals surface area contributed by atoms with Gasteiger partial charge in [0.15, 0.2) is 0 Å². The quantitative estimate of drug-likeness (QED) is 0.248. The van der Waals surface area contributed by atoms with Gasteiger partial charge in [0.05, 0.1) is 21.5 Å². The number of rotatable bonds is 3. The first-order valence-electron chi connectivity index (χ1n) is 11.8. The minimum absolute atomic E-state index is 0.145. The van der Waals surface area contributed by atoms with Gasteiger partial charge in [0.2, 0.25) is 0 Å². The van der Waals surface area contributed by atoms with E-state index in [0.29, 0.717) is 16.7 Å². The molecular formula is C33H20N2OS. The number of nitrogens with zero attached hydrogens (tertiary/aromatic N) is 2. The van der Waals surface area contributed by atoms with Crippen molar-refractivity contribution < 1.29 is 0 Å². The van der Waals surface area contributed by atoms with Crippen LogP contribution in [0.3, 0.4) is 0 Å². The molecule has 0 aliphatic carbocycles. The van der Waals surface area contributed by atoms with Crippen LogP contribution in [0.4, 0.5) is 0 Å². The van der Waals surface area contributed by atoms with E-state index in [1.54, 1.807) is 28.0 Å². The summed E-state index contributed by atoms with van der Waals surface area (Å²) in [5.74, 6) is 6.96. The maximum absolute atomic E-state index is 13.7. The lowest BCUT2D eigenvalue weighted by molar-refractivity contribution is 0.934. The highest BCUT2D eigenvalue weighted by molar-refractivity contribution is 7.10. The zero-order valence-corrected chi connectivity index (χ0v) is 20.8. The number of hydrogen-bond donors (Lipinski definition) is 0. The summed E-state index contributed by atoms with van der Waals surface area (Å²) >= 11 is 1.62. The van der Waals surface area contributed by atoms with Crippen LogP contribution in [0.1, 0.15) is 27.4 Å². The lowest BCUT2D eigenvalue weighted by atomic mass is 10.1. The van der Waals surface area contributed by atoms with Gasteiger partial charge in [-0.1, -0.05) is 72.5 Å². The number of thiophene rings is 1. The number of fused-ring (bicyclic) bond motifs is 2. The predicted molar refractivity (Wildman–Crippen MR) is 153 cm³/mol. The Morgan fingerprint density at radius 1 is 0.892 bits per heavy atom. The molecule has 0 saturated carbocycles. The van der Waals surface area contributed by atoms with Crippen molar-refractivity contribution >= 4 is 45.2 Å². The minimum Gasteiger partial charge on any atom is -0.268 e. The molecule has 0 aliphatic heterocycles. The highest BCUT2D eigenvalue weighted by atomic mass is 32.1. The van der Waals surface area contributed by atoms with Gasteiger partial charge in [-0.25, -0.2) is 4.98 Å². The summed E-state index contributed by atoms with van der Waals surface area (Å²) in [4.78, 5) is 19.5. The molecule has 37 heavy (non-hydrogen) atoms. The Labute approximate surface area is 219 Å². The Hall–Kier alpha value is -4.90. The average Bonchev–Trinajstić information content (AvgIpc) is 3.45. The van der Waals surface area contributed by atoms with E-state index in [-0.39, 0.29) is 5.56 Å². The third-order valence-electron chi connectivity index (χ3n) is 6.17. The maximum atomic E-state index is 13.7. The van der Waals surface area contributed by atoms with Gasteiger partial charge in [-0.15, -0.1) is 11.3 Å².